The number of hydrogen-bond donors (Lipinski definition) is 2. The summed E-state index contributed by atoms with van der Waals surface area (Å²) in [5.74, 6) is -0.0766. The van der Waals surface area contributed by atoms with Crippen LogP contribution in [0.15, 0.2) is 64.2 Å². The van der Waals surface area contributed by atoms with Gasteiger partial charge in [-0.15, -0.1) is 0 Å². The van der Waals surface area contributed by atoms with Crippen LogP contribution in [0.2, 0.25) is 0 Å². The van der Waals surface area contributed by atoms with Crippen molar-refractivity contribution in [3.05, 3.63) is 75.8 Å². The lowest BCUT2D eigenvalue weighted by atomic mass is 10.0. The predicted molar refractivity (Wildman–Crippen MR) is 104 cm³/mol. The van der Waals surface area contributed by atoms with Gasteiger partial charge in [-0.1, -0.05) is 52.3 Å². The molecule has 4 nitrogen and oxygen atoms in total. The Labute approximate surface area is 154 Å². The molecule has 3 aromatic rings. The van der Waals surface area contributed by atoms with Crippen LogP contribution < -0.4 is 5.43 Å². The molecule has 0 fully saturated rings. The molecule has 0 unspecified atom stereocenters. The van der Waals surface area contributed by atoms with Crippen LogP contribution in [0.5, 0.6) is 5.75 Å². The van der Waals surface area contributed by atoms with E-state index < -0.39 is 0 Å². The standard InChI is InChI=1S/C20H17BrN2O2/c1-13-6-7-15(19(24)10-13)12-22-23-20(25)11-14-8-9-18(21)17-5-3-2-4-16(14)17/h2-10,12,24H,11H2,1H3,(H,23,25)/b22-12+. The van der Waals surface area contributed by atoms with Gasteiger partial charge in [0.1, 0.15) is 5.75 Å². The fourth-order valence-corrected chi connectivity index (χ4v) is 3.11. The molecule has 2 N–H and O–H groups in total. The van der Waals surface area contributed by atoms with Crippen molar-refractivity contribution < 1.29 is 9.90 Å². The van der Waals surface area contributed by atoms with Crippen molar-refractivity contribution in [1.29, 1.82) is 0 Å². The molecule has 5 heteroatoms. The molecule has 0 aliphatic carbocycles. The van der Waals surface area contributed by atoms with Crippen LogP contribution in [0.4, 0.5) is 0 Å². The highest BCUT2D eigenvalue weighted by atomic mass is 79.9. The Kier molecular flexibility index (Phi) is 5.14. The maximum absolute atomic E-state index is 12.2. The molecule has 126 valence electrons. The highest BCUT2D eigenvalue weighted by Crippen LogP contribution is 2.27. The second kappa shape index (κ2) is 7.49. The van der Waals surface area contributed by atoms with E-state index in [0.29, 0.717) is 5.56 Å². The first-order valence-corrected chi connectivity index (χ1v) is 8.61. The molecule has 1 amide bonds. The summed E-state index contributed by atoms with van der Waals surface area (Å²) >= 11 is 3.53. The Bertz CT molecular complexity index is 967. The van der Waals surface area contributed by atoms with Crippen molar-refractivity contribution in [2.45, 2.75) is 13.3 Å². The molecule has 0 radical (unpaired) electrons. The van der Waals surface area contributed by atoms with Gasteiger partial charge in [-0.25, -0.2) is 5.43 Å². The van der Waals surface area contributed by atoms with E-state index in [0.717, 1.165) is 26.4 Å². The van der Waals surface area contributed by atoms with Crippen molar-refractivity contribution in [2.24, 2.45) is 5.10 Å². The number of phenolic OH excluding ortho intramolecular Hbond substituents is 1. The summed E-state index contributed by atoms with van der Waals surface area (Å²) in [6, 6.07) is 17.1. The predicted octanol–water partition coefficient (Wildman–Crippen LogP) is 4.31. The number of aromatic hydroxyl groups is 1. The monoisotopic (exact) mass is 396 g/mol. The first-order chi connectivity index (χ1) is 12.0. The summed E-state index contributed by atoms with van der Waals surface area (Å²) < 4.78 is 1.00. The molecule has 0 saturated heterocycles. The molecule has 0 saturated carbocycles. The van der Waals surface area contributed by atoms with Crippen LogP contribution in [0.3, 0.4) is 0 Å². The van der Waals surface area contributed by atoms with E-state index >= 15 is 0 Å². The molecule has 0 aromatic heterocycles. The van der Waals surface area contributed by atoms with E-state index in [2.05, 4.69) is 26.5 Å². The van der Waals surface area contributed by atoms with Crippen LogP contribution in [-0.2, 0) is 11.2 Å². The molecule has 3 aromatic carbocycles. The Hall–Kier alpha value is -2.66. The molecule has 0 bridgehead atoms. The minimum atomic E-state index is -0.213. The largest absolute Gasteiger partial charge is 0.507 e. The van der Waals surface area contributed by atoms with Gasteiger partial charge in [-0.2, -0.15) is 5.10 Å². The first kappa shape index (κ1) is 17.2. The quantitative estimate of drug-likeness (QED) is 0.509. The second-order valence-corrected chi connectivity index (χ2v) is 6.64. The maximum atomic E-state index is 12.2. The maximum Gasteiger partial charge on any atom is 0.244 e. The number of rotatable bonds is 4. The van der Waals surface area contributed by atoms with Crippen LogP contribution in [-0.4, -0.2) is 17.2 Å². The van der Waals surface area contributed by atoms with Gasteiger partial charge < -0.3 is 5.11 Å². The third-order valence-corrected chi connectivity index (χ3v) is 4.58. The number of amides is 1. The third-order valence-electron chi connectivity index (χ3n) is 3.89. The number of benzene rings is 3. The Morgan fingerprint density at radius 3 is 2.68 bits per heavy atom. The number of halogens is 1. The number of hydrogen-bond acceptors (Lipinski definition) is 3. The summed E-state index contributed by atoms with van der Waals surface area (Å²) in [6.45, 7) is 1.89. The van der Waals surface area contributed by atoms with Crippen LogP contribution >= 0.6 is 15.9 Å². The van der Waals surface area contributed by atoms with Crippen LogP contribution in [0.1, 0.15) is 16.7 Å². The minimum Gasteiger partial charge on any atom is -0.507 e. The average molecular weight is 397 g/mol. The first-order valence-electron chi connectivity index (χ1n) is 7.82. The van der Waals surface area contributed by atoms with Crippen molar-refractivity contribution in [1.82, 2.24) is 5.43 Å². The normalized spacial score (nSPS) is 11.1. The zero-order valence-corrected chi connectivity index (χ0v) is 15.2. The van der Waals surface area contributed by atoms with Crippen molar-refractivity contribution in [3.8, 4) is 5.75 Å². The van der Waals surface area contributed by atoms with E-state index in [1.165, 1.54) is 6.21 Å². The van der Waals surface area contributed by atoms with Gasteiger partial charge in [0.05, 0.1) is 12.6 Å². The lowest BCUT2D eigenvalue weighted by molar-refractivity contribution is -0.120. The molecule has 0 atom stereocenters. The third kappa shape index (κ3) is 4.06. The summed E-state index contributed by atoms with van der Waals surface area (Å²) in [6.07, 6.45) is 1.66. The zero-order valence-electron chi connectivity index (χ0n) is 13.7. The molecule has 25 heavy (non-hydrogen) atoms. The Morgan fingerprint density at radius 1 is 1.16 bits per heavy atom. The van der Waals surface area contributed by atoms with Gasteiger partial charge in [0.2, 0.25) is 5.91 Å². The van der Waals surface area contributed by atoms with Crippen molar-refractivity contribution in [2.75, 3.05) is 0 Å². The number of nitrogens with one attached hydrogen (secondary N) is 1. The molecule has 0 heterocycles. The van der Waals surface area contributed by atoms with E-state index in [-0.39, 0.29) is 18.1 Å². The van der Waals surface area contributed by atoms with Crippen molar-refractivity contribution in [3.63, 3.8) is 0 Å². The zero-order chi connectivity index (χ0) is 17.8. The molecule has 0 aliphatic heterocycles. The summed E-state index contributed by atoms with van der Waals surface area (Å²) in [5, 5.41) is 15.9. The lowest BCUT2D eigenvalue weighted by Gasteiger charge is -2.07. The summed E-state index contributed by atoms with van der Waals surface area (Å²) in [7, 11) is 0. The Morgan fingerprint density at radius 2 is 1.92 bits per heavy atom. The van der Waals surface area contributed by atoms with Gasteiger partial charge in [0, 0.05) is 10.0 Å². The fraction of sp³-hybridized carbons (Fsp3) is 0.100. The number of fused-ring (bicyclic) bond motifs is 1. The number of carbonyl (C=O) groups is 1. The van der Waals surface area contributed by atoms with Gasteiger partial charge in [-0.3, -0.25) is 4.79 Å². The van der Waals surface area contributed by atoms with E-state index in [9.17, 15) is 9.90 Å². The van der Waals surface area contributed by atoms with E-state index in [1.807, 2.05) is 49.4 Å². The summed E-state index contributed by atoms with van der Waals surface area (Å²) in [5.41, 5.74) is 4.96. The van der Waals surface area contributed by atoms with Gasteiger partial charge in [0.25, 0.3) is 0 Å². The average Bonchev–Trinajstić information content (AvgIpc) is 2.60. The minimum absolute atomic E-state index is 0.136. The molecule has 0 aliphatic rings. The Balaban J connectivity index is 1.71. The summed E-state index contributed by atoms with van der Waals surface area (Å²) in [4.78, 5) is 12.2. The second-order valence-electron chi connectivity index (χ2n) is 5.78. The highest BCUT2D eigenvalue weighted by Gasteiger charge is 2.08. The number of carbonyl (C=O) groups excluding carboxylic acids is 1. The van der Waals surface area contributed by atoms with Crippen LogP contribution in [0.25, 0.3) is 10.8 Å². The van der Waals surface area contributed by atoms with Gasteiger partial charge in [0.15, 0.2) is 0 Å². The van der Waals surface area contributed by atoms with Gasteiger partial charge in [-0.05, 0) is 47.0 Å². The number of aryl methyl sites for hydroxylation is 1. The topological polar surface area (TPSA) is 61.7 Å². The fourth-order valence-electron chi connectivity index (χ4n) is 2.63. The van der Waals surface area contributed by atoms with Gasteiger partial charge >= 0.3 is 0 Å². The number of hydrazone groups is 1. The molecule has 0 spiro atoms. The number of nitrogens with zero attached hydrogens (tertiary/aromatic N) is 1. The molecule has 3 rings (SSSR count). The lowest BCUT2D eigenvalue weighted by Crippen LogP contribution is -2.19. The highest BCUT2D eigenvalue weighted by molar-refractivity contribution is 9.10. The molecular weight excluding hydrogens is 380 g/mol. The van der Waals surface area contributed by atoms with E-state index in [1.54, 1.807) is 12.1 Å². The molecular formula is C20H17BrN2O2. The van der Waals surface area contributed by atoms with E-state index in [4.69, 9.17) is 0 Å². The van der Waals surface area contributed by atoms with Crippen molar-refractivity contribution >= 4 is 38.8 Å². The number of phenols is 1. The smallest absolute Gasteiger partial charge is 0.244 e. The SMILES string of the molecule is Cc1ccc(/C=N/NC(=O)Cc2ccc(Br)c3ccccc23)c(O)c1. The van der Waals surface area contributed by atoms with Crippen LogP contribution in [0, 0.1) is 6.92 Å².